The van der Waals surface area contributed by atoms with E-state index in [-0.39, 0.29) is 46.8 Å². The van der Waals surface area contributed by atoms with E-state index < -0.39 is 44.8 Å². The second kappa shape index (κ2) is 20.4. The van der Waals surface area contributed by atoms with Gasteiger partial charge in [0.15, 0.2) is 9.84 Å². The van der Waals surface area contributed by atoms with Crippen molar-refractivity contribution in [1.82, 2.24) is 30.4 Å². The molecule has 0 radical (unpaired) electrons. The topological polar surface area (TPSA) is 221 Å². The van der Waals surface area contributed by atoms with E-state index in [1.165, 1.54) is 5.56 Å². The lowest BCUT2D eigenvalue weighted by Gasteiger charge is -2.33. The first-order valence-corrected chi connectivity index (χ1v) is 24.2. The van der Waals surface area contributed by atoms with Crippen LogP contribution in [0.1, 0.15) is 110 Å². The van der Waals surface area contributed by atoms with Crippen molar-refractivity contribution >= 4 is 68.2 Å². The number of nitrogens with one attached hydrogen (secondary N) is 5. The predicted octanol–water partition coefficient (Wildman–Crippen LogP) is 6.14. The third-order valence-corrected chi connectivity index (χ3v) is 14.3. The highest BCUT2D eigenvalue weighted by Crippen LogP contribution is 2.39. The lowest BCUT2D eigenvalue weighted by Crippen LogP contribution is -2.54. The Bertz CT molecular complexity index is 2630. The van der Waals surface area contributed by atoms with E-state index in [9.17, 15) is 32.4 Å². The number of benzene rings is 3. The van der Waals surface area contributed by atoms with Crippen molar-refractivity contribution in [2.75, 3.05) is 48.7 Å². The van der Waals surface area contributed by atoms with Crippen molar-refractivity contribution in [3.05, 3.63) is 88.6 Å². The Morgan fingerprint density at radius 3 is 2.32 bits per heavy atom. The van der Waals surface area contributed by atoms with E-state index in [2.05, 4.69) is 49.5 Å². The van der Waals surface area contributed by atoms with Crippen LogP contribution < -0.4 is 31.3 Å². The molecule has 3 aliphatic heterocycles. The van der Waals surface area contributed by atoms with E-state index in [0.29, 0.717) is 67.1 Å². The molecule has 2 saturated heterocycles. The van der Waals surface area contributed by atoms with E-state index in [1.54, 1.807) is 62.5 Å². The zero-order valence-electron chi connectivity index (χ0n) is 38.3. The summed E-state index contributed by atoms with van der Waals surface area (Å²) >= 11 is 0. The summed E-state index contributed by atoms with van der Waals surface area (Å²) < 4.78 is 32.6. The van der Waals surface area contributed by atoms with Crippen LogP contribution >= 0.6 is 0 Å². The largest absolute Gasteiger partial charge is 0.489 e. The molecule has 66 heavy (non-hydrogen) atoms. The van der Waals surface area contributed by atoms with Crippen molar-refractivity contribution in [3.63, 3.8) is 0 Å². The number of aryl methyl sites for hydroxylation is 2. The molecule has 1 aromatic heterocycles. The average Bonchev–Trinajstić information content (AvgIpc) is 3.53. The summed E-state index contributed by atoms with van der Waals surface area (Å²) in [5, 5.41) is 14.5. The van der Waals surface area contributed by atoms with E-state index >= 15 is 0 Å². The minimum Gasteiger partial charge on any atom is -0.489 e. The van der Waals surface area contributed by atoms with E-state index in [4.69, 9.17) is 9.72 Å². The monoisotopic (exact) mass is 921 g/mol. The van der Waals surface area contributed by atoms with Gasteiger partial charge in [-0.2, -0.15) is 4.98 Å². The van der Waals surface area contributed by atoms with Crippen molar-refractivity contribution in [2.24, 2.45) is 0 Å². The highest BCUT2D eigenvalue weighted by Gasteiger charge is 2.45. The van der Waals surface area contributed by atoms with Gasteiger partial charge in [0.2, 0.25) is 23.7 Å². The Labute approximate surface area is 385 Å². The minimum absolute atomic E-state index is 0.0411. The number of likely N-dealkylation sites (tertiary alicyclic amines) is 1. The number of piperidine rings is 2. The van der Waals surface area contributed by atoms with Crippen LogP contribution in [-0.2, 0) is 24.2 Å². The predicted molar refractivity (Wildman–Crippen MR) is 251 cm³/mol. The first kappa shape index (κ1) is 47.6. The van der Waals surface area contributed by atoms with Gasteiger partial charge in [-0.1, -0.05) is 18.2 Å². The Balaban J connectivity index is 0.887. The number of carbonyl (C=O) groups excluding carboxylic acids is 5. The number of amides is 5. The van der Waals surface area contributed by atoms with Crippen LogP contribution in [0.3, 0.4) is 0 Å². The number of hydrogen-bond donors (Lipinski definition) is 5. The number of ether oxygens (including phenoxy) is 1. The zero-order chi connectivity index (χ0) is 47.3. The van der Waals surface area contributed by atoms with Crippen LogP contribution in [0.2, 0.25) is 0 Å². The average molecular weight is 922 g/mol. The Hall–Kier alpha value is -6.40. The molecule has 350 valence electrons. The van der Waals surface area contributed by atoms with Gasteiger partial charge in [-0.25, -0.2) is 13.4 Å². The number of carbonyl (C=O) groups is 5. The molecule has 5 amide bonds. The van der Waals surface area contributed by atoms with Crippen LogP contribution in [0.5, 0.6) is 5.75 Å². The second-order valence-corrected chi connectivity index (χ2v) is 20.1. The third-order valence-electron chi connectivity index (χ3n) is 12.1. The number of nitrogens with zero attached hydrogens (tertiary/aromatic N) is 4. The molecule has 2 fully saturated rings. The maximum Gasteiger partial charge on any atom is 0.264 e. The fourth-order valence-corrected chi connectivity index (χ4v) is 9.77. The van der Waals surface area contributed by atoms with Crippen LogP contribution in [0.25, 0.3) is 0 Å². The number of rotatable bonds is 18. The van der Waals surface area contributed by atoms with Crippen molar-refractivity contribution in [1.29, 1.82) is 0 Å². The number of aromatic nitrogens is 2. The van der Waals surface area contributed by atoms with Crippen molar-refractivity contribution in [3.8, 4) is 5.75 Å². The van der Waals surface area contributed by atoms with E-state index in [0.717, 1.165) is 42.0 Å². The Morgan fingerprint density at radius 1 is 0.864 bits per heavy atom. The molecule has 3 aromatic carbocycles. The molecule has 4 heterocycles. The SMILES string of the molecule is Cc1cc(Nc2ncc(C)c(Nc3ccccc3S(=O)(=O)C(C)C)n2)c(OC(C)C)cc1C1CCN(CC(=O)NCCCCNc2cccc3c2C(=O)N(C2CCC(=O)NC2=O)C3=O)CC1. The van der Waals surface area contributed by atoms with E-state index in [1.807, 2.05) is 26.8 Å². The molecular formula is C48H59N9O8S. The summed E-state index contributed by atoms with van der Waals surface area (Å²) in [7, 11) is -3.55. The molecule has 3 aliphatic rings. The molecule has 0 saturated carbocycles. The second-order valence-electron chi connectivity index (χ2n) is 17.6. The maximum atomic E-state index is 13.4. The standard InChI is InChI=1S/C48H59N9O8S/c1-28(2)65-39-25-34(30(5)24-37(39)53-48-51-26-31(6)44(55-48)52-35-13-7-8-15-40(35)66(63,64)29(3)4)32-18-22-56(23-19-32)27-42(59)50-21-10-9-20-49-36-14-11-12-33-43(36)47(62)57(46(33)61)38-16-17-41(58)54-45(38)60/h7-8,11-15,24-26,28-29,32,38,49H,9-10,16-23,27H2,1-6H3,(H,50,59)(H,54,58,60)(H2,51,52,53,55). The normalized spacial score (nSPS) is 17.0. The molecule has 18 heteroatoms. The highest BCUT2D eigenvalue weighted by atomic mass is 32.2. The lowest BCUT2D eigenvalue weighted by atomic mass is 9.86. The van der Waals surface area contributed by atoms with Gasteiger partial charge in [0, 0.05) is 37.0 Å². The first-order valence-electron chi connectivity index (χ1n) is 22.6. The number of fused-ring (bicyclic) bond motifs is 1. The molecule has 5 N–H and O–H groups in total. The minimum atomic E-state index is -3.55. The van der Waals surface area contributed by atoms with Crippen LogP contribution in [0.15, 0.2) is 65.7 Å². The van der Waals surface area contributed by atoms with Gasteiger partial charge >= 0.3 is 0 Å². The summed E-state index contributed by atoms with van der Waals surface area (Å²) in [4.78, 5) is 76.2. The number of para-hydroxylation sites is 1. The van der Waals surface area contributed by atoms with Crippen LogP contribution in [-0.4, -0.2) is 108 Å². The summed E-state index contributed by atoms with van der Waals surface area (Å²) in [6, 6.07) is 14.9. The number of anilines is 5. The first-order chi connectivity index (χ1) is 31.5. The quantitative estimate of drug-likeness (QED) is 0.0559. The maximum absolute atomic E-state index is 13.4. The van der Waals surface area contributed by atoms with Gasteiger partial charge in [0.05, 0.1) is 45.3 Å². The molecule has 1 atom stereocenters. The van der Waals surface area contributed by atoms with Crippen molar-refractivity contribution < 1.29 is 37.1 Å². The fourth-order valence-electron chi connectivity index (χ4n) is 8.57. The van der Waals surface area contributed by atoms with Gasteiger partial charge < -0.3 is 26.0 Å². The molecule has 0 aliphatic carbocycles. The lowest BCUT2D eigenvalue weighted by molar-refractivity contribution is -0.136. The summed E-state index contributed by atoms with van der Waals surface area (Å²) in [5.41, 5.74) is 5.11. The molecule has 0 spiro atoms. The third kappa shape index (κ3) is 10.7. The van der Waals surface area contributed by atoms with Crippen molar-refractivity contribution in [2.45, 2.75) is 108 Å². The number of unbranched alkanes of at least 4 members (excludes halogenated alkanes) is 1. The molecule has 0 bridgehead atoms. The smallest absolute Gasteiger partial charge is 0.264 e. The summed E-state index contributed by atoms with van der Waals surface area (Å²) in [5.74, 6) is -0.482. The fraction of sp³-hybridized carbons (Fsp3) is 0.438. The van der Waals surface area contributed by atoms with Crippen LogP contribution in [0, 0.1) is 13.8 Å². The van der Waals surface area contributed by atoms with Crippen LogP contribution in [0.4, 0.5) is 28.8 Å². The van der Waals surface area contributed by atoms with Gasteiger partial charge in [0.1, 0.15) is 17.6 Å². The number of sulfone groups is 1. The Morgan fingerprint density at radius 2 is 1.59 bits per heavy atom. The Kier molecular flexibility index (Phi) is 14.7. The summed E-state index contributed by atoms with van der Waals surface area (Å²) in [6.45, 7) is 14.0. The van der Waals surface area contributed by atoms with Gasteiger partial charge in [-0.15, -0.1) is 0 Å². The molecular weight excluding hydrogens is 863 g/mol. The molecule has 7 rings (SSSR count). The highest BCUT2D eigenvalue weighted by molar-refractivity contribution is 7.92. The summed E-state index contributed by atoms with van der Waals surface area (Å²) in [6.07, 6.45) is 4.88. The number of hydrogen-bond acceptors (Lipinski definition) is 14. The van der Waals surface area contributed by atoms with Gasteiger partial charge in [0.25, 0.3) is 11.8 Å². The van der Waals surface area contributed by atoms with Gasteiger partial charge in [-0.05, 0) is 140 Å². The molecule has 1 unspecified atom stereocenters. The number of imide groups is 2. The molecule has 17 nitrogen and oxygen atoms in total. The van der Waals surface area contributed by atoms with Gasteiger partial charge in [-0.3, -0.25) is 39.1 Å². The zero-order valence-corrected chi connectivity index (χ0v) is 39.1. The molecule has 4 aromatic rings.